The van der Waals surface area contributed by atoms with Crippen molar-refractivity contribution in [3.05, 3.63) is 29.8 Å². The minimum atomic E-state index is -0.958. The van der Waals surface area contributed by atoms with Gasteiger partial charge in [-0.25, -0.2) is 9.69 Å². The van der Waals surface area contributed by atoms with E-state index in [4.69, 9.17) is 4.74 Å². The zero-order chi connectivity index (χ0) is 18.0. The molecule has 8 heteroatoms. The first-order valence-corrected chi connectivity index (χ1v) is 8.09. The molecule has 1 aromatic rings. The van der Waals surface area contributed by atoms with Crippen LogP contribution in [0.25, 0.3) is 0 Å². The number of nitrogens with zero attached hydrogens (tertiary/aromatic N) is 3. The molecule has 5 amide bonds. The predicted octanol–water partition coefficient (Wildman–Crippen LogP) is 0.608. The zero-order valence-corrected chi connectivity index (χ0v) is 13.9. The number of rotatable bonds is 5. The molecule has 0 aliphatic carbocycles. The van der Waals surface area contributed by atoms with E-state index in [1.165, 1.54) is 7.11 Å². The zero-order valence-electron chi connectivity index (χ0n) is 13.9. The van der Waals surface area contributed by atoms with Gasteiger partial charge in [-0.05, 0) is 30.5 Å². The SMILES string of the molecule is COc1cccc(CN2C(=O)C(=O)N(CC(=O)N3CCCC3)C2=O)c1. The van der Waals surface area contributed by atoms with Gasteiger partial charge < -0.3 is 9.64 Å². The van der Waals surface area contributed by atoms with E-state index in [2.05, 4.69) is 0 Å². The minimum absolute atomic E-state index is 0.0466. The second-order valence-corrected chi connectivity index (χ2v) is 6.00. The molecule has 8 nitrogen and oxygen atoms in total. The molecule has 132 valence electrons. The summed E-state index contributed by atoms with van der Waals surface area (Å²) < 4.78 is 5.11. The Hall–Kier alpha value is -2.90. The third-order valence-corrected chi connectivity index (χ3v) is 4.36. The number of amides is 5. The van der Waals surface area contributed by atoms with Crippen molar-refractivity contribution in [3.8, 4) is 5.75 Å². The van der Waals surface area contributed by atoms with Crippen molar-refractivity contribution in [3.63, 3.8) is 0 Å². The number of likely N-dealkylation sites (tertiary alicyclic amines) is 1. The molecular formula is C17H19N3O5. The summed E-state index contributed by atoms with van der Waals surface area (Å²) >= 11 is 0. The standard InChI is InChI=1S/C17H19N3O5/c1-25-13-6-4-5-12(9-13)10-19-15(22)16(23)20(17(19)24)11-14(21)18-7-2-3-8-18/h4-6,9H,2-3,7-8,10-11H2,1H3. The lowest BCUT2D eigenvalue weighted by Crippen LogP contribution is -2.42. The Labute approximate surface area is 144 Å². The number of hydrogen-bond acceptors (Lipinski definition) is 5. The Morgan fingerprint density at radius 2 is 1.76 bits per heavy atom. The Morgan fingerprint density at radius 1 is 1.08 bits per heavy atom. The van der Waals surface area contributed by atoms with Crippen LogP contribution in [0.2, 0.25) is 0 Å². The van der Waals surface area contributed by atoms with Crippen molar-refractivity contribution in [1.82, 2.24) is 14.7 Å². The summed E-state index contributed by atoms with van der Waals surface area (Å²) in [5.41, 5.74) is 0.654. The smallest absolute Gasteiger partial charge is 0.335 e. The van der Waals surface area contributed by atoms with Gasteiger partial charge in [-0.15, -0.1) is 0 Å². The van der Waals surface area contributed by atoms with Crippen molar-refractivity contribution < 1.29 is 23.9 Å². The molecule has 2 saturated heterocycles. The Kier molecular flexibility index (Phi) is 4.69. The third-order valence-electron chi connectivity index (χ3n) is 4.36. The molecule has 0 spiro atoms. The highest BCUT2D eigenvalue weighted by Gasteiger charge is 2.45. The summed E-state index contributed by atoms with van der Waals surface area (Å²) in [6.07, 6.45) is 1.82. The van der Waals surface area contributed by atoms with Gasteiger partial charge in [-0.3, -0.25) is 19.3 Å². The van der Waals surface area contributed by atoms with Crippen molar-refractivity contribution >= 4 is 23.8 Å². The molecule has 2 heterocycles. The van der Waals surface area contributed by atoms with Crippen molar-refractivity contribution in [2.24, 2.45) is 0 Å². The highest BCUT2D eigenvalue weighted by molar-refractivity contribution is 6.44. The molecule has 2 aliphatic heterocycles. The van der Waals surface area contributed by atoms with Gasteiger partial charge in [0.1, 0.15) is 12.3 Å². The lowest BCUT2D eigenvalue weighted by molar-refractivity contribution is -0.144. The van der Waals surface area contributed by atoms with Gasteiger partial charge in [0.2, 0.25) is 5.91 Å². The van der Waals surface area contributed by atoms with E-state index < -0.39 is 24.4 Å². The molecule has 0 atom stereocenters. The molecule has 0 radical (unpaired) electrons. The largest absolute Gasteiger partial charge is 0.497 e. The second-order valence-electron chi connectivity index (χ2n) is 6.00. The van der Waals surface area contributed by atoms with Crippen molar-refractivity contribution in [2.75, 3.05) is 26.7 Å². The molecule has 0 unspecified atom stereocenters. The van der Waals surface area contributed by atoms with Gasteiger partial charge in [0.15, 0.2) is 0 Å². The molecule has 2 aliphatic rings. The number of benzene rings is 1. The average molecular weight is 345 g/mol. The number of carbonyl (C=O) groups is 4. The lowest BCUT2D eigenvalue weighted by Gasteiger charge is -2.19. The molecule has 0 aromatic heterocycles. The fourth-order valence-corrected chi connectivity index (χ4v) is 2.98. The summed E-state index contributed by atoms with van der Waals surface area (Å²) in [6, 6.07) is 6.12. The van der Waals surface area contributed by atoms with E-state index in [-0.39, 0.29) is 12.5 Å². The Bertz CT molecular complexity index is 727. The first-order valence-electron chi connectivity index (χ1n) is 8.09. The molecule has 2 fully saturated rings. The molecular weight excluding hydrogens is 326 g/mol. The summed E-state index contributed by atoms with van der Waals surface area (Å²) in [4.78, 5) is 52.1. The molecule has 3 rings (SSSR count). The van der Waals surface area contributed by atoms with Crippen LogP contribution in [-0.4, -0.2) is 65.2 Å². The maximum Gasteiger partial charge on any atom is 0.335 e. The van der Waals surface area contributed by atoms with Gasteiger partial charge in [0, 0.05) is 13.1 Å². The van der Waals surface area contributed by atoms with Crippen LogP contribution in [0.3, 0.4) is 0 Å². The number of hydrogen-bond donors (Lipinski definition) is 0. The molecule has 0 saturated carbocycles. The topological polar surface area (TPSA) is 87.2 Å². The summed E-state index contributed by atoms with van der Waals surface area (Å²) in [5.74, 6) is -1.60. The molecule has 1 aromatic carbocycles. The van der Waals surface area contributed by atoms with Crippen LogP contribution in [0, 0.1) is 0 Å². The third kappa shape index (κ3) is 3.33. The lowest BCUT2D eigenvalue weighted by atomic mass is 10.2. The van der Waals surface area contributed by atoms with Gasteiger partial charge in [-0.2, -0.15) is 0 Å². The molecule has 0 N–H and O–H groups in total. The molecule has 0 bridgehead atoms. The number of urea groups is 1. The average Bonchev–Trinajstić information content (AvgIpc) is 3.22. The van der Waals surface area contributed by atoms with Gasteiger partial charge in [0.05, 0.1) is 13.7 Å². The normalized spacial score (nSPS) is 17.6. The number of carbonyl (C=O) groups excluding carboxylic acids is 4. The number of methoxy groups -OCH3 is 1. The van der Waals surface area contributed by atoms with Crippen LogP contribution in [0.1, 0.15) is 18.4 Å². The van der Waals surface area contributed by atoms with E-state index in [1.807, 2.05) is 0 Å². The summed E-state index contributed by atoms with van der Waals surface area (Å²) in [6.45, 7) is 0.806. The monoisotopic (exact) mass is 345 g/mol. The van der Waals surface area contributed by atoms with E-state index in [0.717, 1.165) is 22.6 Å². The highest BCUT2D eigenvalue weighted by atomic mass is 16.5. The van der Waals surface area contributed by atoms with Crippen molar-refractivity contribution in [2.45, 2.75) is 19.4 Å². The maximum absolute atomic E-state index is 12.4. The Morgan fingerprint density at radius 3 is 2.44 bits per heavy atom. The Balaban J connectivity index is 1.71. The van der Waals surface area contributed by atoms with E-state index in [1.54, 1.807) is 29.2 Å². The van der Waals surface area contributed by atoms with E-state index >= 15 is 0 Å². The number of ether oxygens (including phenoxy) is 1. The fraction of sp³-hybridized carbons (Fsp3) is 0.412. The quantitative estimate of drug-likeness (QED) is 0.576. The van der Waals surface area contributed by atoms with Gasteiger partial charge in [-0.1, -0.05) is 12.1 Å². The first kappa shape index (κ1) is 16.9. The second kappa shape index (κ2) is 6.92. The minimum Gasteiger partial charge on any atom is -0.497 e. The van der Waals surface area contributed by atoms with Crippen LogP contribution < -0.4 is 4.74 Å². The summed E-state index contributed by atoms with van der Waals surface area (Å²) in [5, 5.41) is 0. The van der Waals surface area contributed by atoms with Gasteiger partial charge in [0.25, 0.3) is 0 Å². The van der Waals surface area contributed by atoms with Crippen molar-refractivity contribution in [1.29, 1.82) is 0 Å². The summed E-state index contributed by atoms with van der Waals surface area (Å²) in [7, 11) is 1.51. The van der Waals surface area contributed by atoms with Crippen LogP contribution in [-0.2, 0) is 20.9 Å². The van der Waals surface area contributed by atoms with Crippen LogP contribution in [0.4, 0.5) is 4.79 Å². The maximum atomic E-state index is 12.4. The van der Waals surface area contributed by atoms with Gasteiger partial charge >= 0.3 is 17.8 Å². The first-order chi connectivity index (χ1) is 12.0. The van der Waals surface area contributed by atoms with E-state index in [0.29, 0.717) is 24.4 Å². The fourth-order valence-electron chi connectivity index (χ4n) is 2.98. The number of imide groups is 2. The van der Waals surface area contributed by atoms with E-state index in [9.17, 15) is 19.2 Å². The highest BCUT2D eigenvalue weighted by Crippen LogP contribution is 2.19. The van der Waals surface area contributed by atoms with Crippen LogP contribution >= 0.6 is 0 Å². The van der Waals surface area contributed by atoms with Crippen LogP contribution in [0.5, 0.6) is 5.75 Å². The predicted molar refractivity (Wildman–Crippen MR) is 86.5 cm³/mol. The molecule has 25 heavy (non-hydrogen) atoms. The van der Waals surface area contributed by atoms with Crippen LogP contribution in [0.15, 0.2) is 24.3 Å².